The number of hydrogen-bond donors (Lipinski definition) is 0. The molecule has 0 aliphatic rings. The van der Waals surface area contributed by atoms with E-state index in [1.165, 1.54) is 58.9 Å². The van der Waals surface area contributed by atoms with Crippen LogP contribution in [-0.4, -0.2) is 36.4 Å². The Morgan fingerprint density at radius 2 is 1.02 bits per heavy atom. The van der Waals surface area contributed by atoms with Crippen molar-refractivity contribution < 1.29 is 30.9 Å². The summed E-state index contributed by atoms with van der Waals surface area (Å²) in [5.41, 5.74) is 3.17. The van der Waals surface area contributed by atoms with Gasteiger partial charge in [-0.1, -0.05) is 95.4 Å². The molecule has 4 aromatic carbocycles. The standard InChI is InChI=1S/C37H56OSi3.2CH3.Zr/c1-37(2,3)38-23-17-11-12-18-24-41(10,35-25-29(27-39(4,5)6)31-19-13-15-21-33(31)35)36-26-30(28-40(7,8)9)32-20-14-16-22-34(32)36;;;/h13-16,19-22,25-26H,11-12,17-18,23-24,27-28H2,1-10H3;2*1H3;/q-2;2*-1;+4. The normalized spacial score (nSPS) is 12.6. The second-order valence-electron chi connectivity index (χ2n) is 16.2. The van der Waals surface area contributed by atoms with E-state index in [1.54, 1.807) is 21.5 Å². The molecule has 0 N–H and O–H groups in total. The molecule has 1 nitrogen and oxygen atoms in total. The molecular weight excluding hydrogens is 660 g/mol. The van der Waals surface area contributed by atoms with Crippen LogP contribution in [0.4, 0.5) is 0 Å². The van der Waals surface area contributed by atoms with Crippen molar-refractivity contribution in [3.63, 3.8) is 0 Å². The SMILES string of the molecule is CC(C)(C)OCCCCCC[Si](C)([c-]1cc(C[Si](C)(C)C)c2ccccc21)[c-]1cc(C[Si](C)(C)C)c2ccccc21.[CH3-].[CH3-].[Zr+4]. The average molecular weight is 722 g/mol. The molecule has 0 aromatic heterocycles. The van der Waals surface area contributed by atoms with Gasteiger partial charge in [-0.25, -0.2) is 0 Å². The second kappa shape index (κ2) is 16.3. The van der Waals surface area contributed by atoms with Crippen LogP contribution >= 0.6 is 0 Å². The van der Waals surface area contributed by atoms with Crippen LogP contribution in [0, 0.1) is 14.9 Å². The van der Waals surface area contributed by atoms with Crippen molar-refractivity contribution in [3.8, 4) is 0 Å². The fraction of sp³-hybridized carbons (Fsp3) is 0.487. The maximum Gasteiger partial charge on any atom is 4.00 e. The Balaban J connectivity index is 0.00000323. The van der Waals surface area contributed by atoms with Crippen LogP contribution in [-0.2, 0) is 43.0 Å². The fourth-order valence-corrected chi connectivity index (χ4v) is 14.0. The quantitative estimate of drug-likeness (QED) is 0.0759. The van der Waals surface area contributed by atoms with Gasteiger partial charge in [0, 0.05) is 30.8 Å². The van der Waals surface area contributed by atoms with Gasteiger partial charge in [0.05, 0.1) is 5.60 Å². The van der Waals surface area contributed by atoms with Crippen molar-refractivity contribution in [2.45, 2.75) is 116 Å². The van der Waals surface area contributed by atoms with Gasteiger partial charge in [0.15, 0.2) is 0 Å². The molecule has 0 aliphatic heterocycles. The summed E-state index contributed by atoms with van der Waals surface area (Å²) >= 11 is 0. The molecule has 0 saturated heterocycles. The zero-order valence-electron chi connectivity index (χ0n) is 30.3. The van der Waals surface area contributed by atoms with Crippen molar-refractivity contribution in [2.24, 2.45) is 0 Å². The van der Waals surface area contributed by atoms with Crippen LogP contribution < -0.4 is 10.4 Å². The first-order valence-electron chi connectivity index (χ1n) is 16.1. The number of rotatable bonds is 13. The molecule has 0 aliphatic carbocycles. The van der Waals surface area contributed by atoms with Gasteiger partial charge in [-0.2, -0.15) is 11.1 Å². The zero-order chi connectivity index (χ0) is 30.1. The summed E-state index contributed by atoms with van der Waals surface area (Å²) in [6.45, 7) is 25.1. The first kappa shape index (κ1) is 41.2. The molecule has 4 aromatic rings. The topological polar surface area (TPSA) is 9.23 Å². The fourth-order valence-electron chi connectivity index (χ4n) is 6.73. The molecule has 240 valence electrons. The Morgan fingerprint density at radius 3 is 1.43 bits per heavy atom. The van der Waals surface area contributed by atoms with Gasteiger partial charge in [-0.3, -0.25) is 0 Å². The van der Waals surface area contributed by atoms with Crippen LogP contribution in [0.1, 0.15) is 57.6 Å². The first-order chi connectivity index (χ1) is 19.1. The predicted molar refractivity (Wildman–Crippen MR) is 206 cm³/mol. The predicted octanol–water partition coefficient (Wildman–Crippen LogP) is 10.7. The van der Waals surface area contributed by atoms with E-state index in [9.17, 15) is 0 Å². The molecule has 4 rings (SSSR count). The van der Waals surface area contributed by atoms with Crippen LogP contribution in [0.15, 0.2) is 60.7 Å². The number of unbranched alkanes of at least 4 members (excludes halogenated alkanes) is 3. The van der Waals surface area contributed by atoms with Crippen molar-refractivity contribution in [1.29, 1.82) is 0 Å². The molecular formula is C39H62OSi3Zr. The van der Waals surface area contributed by atoms with Gasteiger partial charge in [0.1, 0.15) is 0 Å². The number of hydrogen-bond acceptors (Lipinski definition) is 1. The van der Waals surface area contributed by atoms with Gasteiger partial charge < -0.3 is 19.6 Å². The smallest absolute Gasteiger partial charge is 0.376 e. The minimum absolute atomic E-state index is 0. The third-order valence-corrected chi connectivity index (χ3v) is 15.9. The Bertz CT molecular complexity index is 1350. The molecule has 0 heterocycles. The summed E-state index contributed by atoms with van der Waals surface area (Å²) in [4.78, 5) is 0. The average Bonchev–Trinajstić information content (AvgIpc) is 3.40. The van der Waals surface area contributed by atoms with Gasteiger partial charge in [-0.15, -0.1) is 80.4 Å². The minimum atomic E-state index is -2.04. The molecule has 0 spiro atoms. The molecule has 0 fully saturated rings. The summed E-state index contributed by atoms with van der Waals surface area (Å²) in [5.74, 6) is 0. The molecule has 0 saturated carbocycles. The summed E-state index contributed by atoms with van der Waals surface area (Å²) in [7, 11) is -4.55. The number of fused-ring (bicyclic) bond motifs is 2. The monoisotopic (exact) mass is 720 g/mol. The second-order valence-corrected chi connectivity index (χ2v) is 31.4. The Morgan fingerprint density at radius 1 is 0.614 bits per heavy atom. The van der Waals surface area contributed by atoms with Crippen LogP contribution in [0.2, 0.25) is 51.9 Å². The summed E-state index contributed by atoms with van der Waals surface area (Å²) in [6.07, 6.45) is 5.00. The van der Waals surface area contributed by atoms with Gasteiger partial charge >= 0.3 is 26.2 Å². The van der Waals surface area contributed by atoms with Crippen molar-refractivity contribution in [3.05, 3.63) is 86.6 Å². The van der Waals surface area contributed by atoms with E-state index in [0.717, 1.165) is 13.0 Å². The minimum Gasteiger partial charge on any atom is -0.376 e. The third kappa shape index (κ3) is 10.6. The molecule has 0 atom stereocenters. The summed E-state index contributed by atoms with van der Waals surface area (Å²) in [5, 5.41) is 9.47. The van der Waals surface area contributed by atoms with E-state index < -0.39 is 24.2 Å². The van der Waals surface area contributed by atoms with E-state index in [0.29, 0.717) is 0 Å². The van der Waals surface area contributed by atoms with E-state index in [-0.39, 0.29) is 46.7 Å². The van der Waals surface area contributed by atoms with Crippen molar-refractivity contribution in [1.82, 2.24) is 0 Å². The molecule has 44 heavy (non-hydrogen) atoms. The van der Waals surface area contributed by atoms with E-state index in [1.807, 2.05) is 0 Å². The van der Waals surface area contributed by atoms with Crippen molar-refractivity contribution in [2.75, 3.05) is 6.61 Å². The molecule has 0 unspecified atom stereocenters. The molecule has 0 bridgehead atoms. The van der Waals surface area contributed by atoms with Crippen LogP contribution in [0.3, 0.4) is 0 Å². The summed E-state index contributed by atoms with van der Waals surface area (Å²) < 4.78 is 6.01. The van der Waals surface area contributed by atoms with E-state index >= 15 is 0 Å². The van der Waals surface area contributed by atoms with Crippen molar-refractivity contribution >= 4 is 56.1 Å². The Labute approximate surface area is 294 Å². The van der Waals surface area contributed by atoms with Crippen LogP contribution in [0.25, 0.3) is 21.5 Å². The van der Waals surface area contributed by atoms with Crippen LogP contribution in [0.5, 0.6) is 0 Å². The van der Waals surface area contributed by atoms with E-state index in [4.69, 9.17) is 4.74 Å². The first-order valence-corrected chi connectivity index (χ1v) is 26.2. The molecule has 5 heteroatoms. The molecule has 0 amide bonds. The Kier molecular flexibility index (Phi) is 15.3. The third-order valence-electron chi connectivity index (χ3n) is 8.50. The zero-order valence-corrected chi connectivity index (χ0v) is 35.8. The molecule has 0 radical (unpaired) electrons. The van der Waals surface area contributed by atoms with Gasteiger partial charge in [0.2, 0.25) is 0 Å². The largest absolute Gasteiger partial charge is 4.00 e. The van der Waals surface area contributed by atoms with Gasteiger partial charge in [0.25, 0.3) is 0 Å². The number of benzene rings is 2. The maximum absolute atomic E-state index is 6.01. The Hall–Kier alpha value is -0.846. The van der Waals surface area contributed by atoms with Gasteiger partial charge in [-0.05, 0) is 27.2 Å². The van der Waals surface area contributed by atoms with E-state index in [2.05, 4.69) is 127 Å². The maximum atomic E-state index is 6.01. The number of ether oxygens (including phenoxy) is 1. The summed E-state index contributed by atoms with van der Waals surface area (Å²) in [6, 6.07) is 27.9.